The van der Waals surface area contributed by atoms with Crippen LogP contribution in [0.2, 0.25) is 0 Å². The maximum atomic E-state index is 5.80. The smallest absolute Gasteiger partial charge is 0.179 e. The van der Waals surface area contributed by atoms with E-state index in [1.54, 1.807) is 21.0 Å². The molecule has 2 fully saturated rings. The van der Waals surface area contributed by atoms with Crippen LogP contribution in [0.1, 0.15) is 13.8 Å². The minimum Gasteiger partial charge on any atom is -0.356 e. The van der Waals surface area contributed by atoms with Gasteiger partial charge in [-0.3, -0.25) is 0 Å². The molecule has 4 unspecified atom stereocenters. The van der Waals surface area contributed by atoms with E-state index in [0.29, 0.717) is 19.8 Å². The van der Waals surface area contributed by atoms with E-state index in [-0.39, 0.29) is 24.4 Å². The van der Waals surface area contributed by atoms with Gasteiger partial charge in [-0.05, 0) is 13.8 Å². The van der Waals surface area contributed by atoms with Crippen LogP contribution in [0.3, 0.4) is 0 Å². The van der Waals surface area contributed by atoms with Gasteiger partial charge in [-0.15, -0.1) is 0 Å². The summed E-state index contributed by atoms with van der Waals surface area (Å²) in [6.45, 7) is 5.08. The molecule has 4 atom stereocenters. The molecule has 9 heteroatoms. The fourth-order valence-corrected chi connectivity index (χ4v) is 3.38. The number of rotatable bonds is 5. The van der Waals surface area contributed by atoms with Crippen LogP contribution >= 0.6 is 18.1 Å². The van der Waals surface area contributed by atoms with Gasteiger partial charge in [0.2, 0.25) is 0 Å². The van der Waals surface area contributed by atoms with Crippen LogP contribution in [0.15, 0.2) is 0 Å². The van der Waals surface area contributed by atoms with Gasteiger partial charge in [0, 0.05) is 7.11 Å². The second kappa shape index (κ2) is 7.55. The summed E-state index contributed by atoms with van der Waals surface area (Å²) < 4.78 is 38.0. The van der Waals surface area contributed by atoms with E-state index < -0.39 is 18.0 Å². The third-order valence-corrected chi connectivity index (χ3v) is 4.04. The molecule has 7 nitrogen and oxygen atoms in total. The predicted molar refractivity (Wildman–Crippen MR) is 69.9 cm³/mol. The molecule has 19 heavy (non-hydrogen) atoms. The SMILES string of the molecule is COC(C)OC(C)OC1OPOCC12COPOC2. The second-order valence-corrected chi connectivity index (χ2v) is 5.92. The first-order valence-electron chi connectivity index (χ1n) is 6.01. The van der Waals surface area contributed by atoms with Crippen molar-refractivity contribution in [2.24, 2.45) is 5.41 Å². The lowest BCUT2D eigenvalue weighted by Crippen LogP contribution is -2.52. The molecule has 112 valence electrons. The van der Waals surface area contributed by atoms with E-state index in [4.69, 9.17) is 32.3 Å². The van der Waals surface area contributed by atoms with E-state index in [1.165, 1.54) is 0 Å². The van der Waals surface area contributed by atoms with Gasteiger partial charge in [0.05, 0.1) is 25.2 Å². The molecule has 0 aliphatic carbocycles. The summed E-state index contributed by atoms with van der Waals surface area (Å²) in [7, 11) is 1.60. The Bertz CT molecular complexity index is 266. The number of methoxy groups -OCH3 is 1. The summed E-state index contributed by atoms with van der Waals surface area (Å²) in [5.41, 5.74) is -0.426. The number of hydrogen-bond donors (Lipinski definition) is 0. The van der Waals surface area contributed by atoms with E-state index in [9.17, 15) is 0 Å². The first-order valence-corrected chi connectivity index (χ1v) is 7.64. The summed E-state index contributed by atoms with van der Waals surface area (Å²) in [5, 5.41) is 0. The molecule has 2 aliphatic heterocycles. The first kappa shape index (κ1) is 16.0. The first-order chi connectivity index (χ1) is 9.16. The Kier molecular flexibility index (Phi) is 6.34. The lowest BCUT2D eigenvalue weighted by atomic mass is 9.90. The van der Waals surface area contributed by atoms with Crippen molar-refractivity contribution in [3.63, 3.8) is 0 Å². The molecule has 0 aromatic carbocycles. The molecule has 1 spiro atoms. The summed E-state index contributed by atoms with van der Waals surface area (Å²) in [4.78, 5) is 0. The molecule has 2 saturated heterocycles. The molecule has 0 saturated carbocycles. The van der Waals surface area contributed by atoms with Gasteiger partial charge in [0.15, 0.2) is 36.9 Å². The van der Waals surface area contributed by atoms with Crippen molar-refractivity contribution in [1.82, 2.24) is 0 Å². The van der Waals surface area contributed by atoms with Gasteiger partial charge in [0.1, 0.15) is 0 Å². The van der Waals surface area contributed by atoms with Crippen LogP contribution in [-0.4, -0.2) is 45.8 Å². The molecule has 0 aromatic heterocycles. The lowest BCUT2D eigenvalue weighted by Gasteiger charge is -2.44. The highest BCUT2D eigenvalue weighted by Crippen LogP contribution is 2.44. The molecular weight excluding hydrogens is 294 g/mol. The van der Waals surface area contributed by atoms with Crippen molar-refractivity contribution in [1.29, 1.82) is 0 Å². The summed E-state index contributed by atoms with van der Waals surface area (Å²) in [6.07, 6.45) is -1.26. The Morgan fingerprint density at radius 1 is 1.05 bits per heavy atom. The van der Waals surface area contributed by atoms with Crippen molar-refractivity contribution in [3.05, 3.63) is 0 Å². The van der Waals surface area contributed by atoms with Crippen molar-refractivity contribution in [2.45, 2.75) is 32.7 Å². The molecule has 2 heterocycles. The van der Waals surface area contributed by atoms with Gasteiger partial charge in [-0.1, -0.05) is 0 Å². The van der Waals surface area contributed by atoms with Gasteiger partial charge in [0.25, 0.3) is 0 Å². The minimum absolute atomic E-state index is 0.0446. The van der Waals surface area contributed by atoms with E-state index in [0.717, 1.165) is 0 Å². The quantitative estimate of drug-likeness (QED) is 0.566. The van der Waals surface area contributed by atoms with E-state index in [1.807, 2.05) is 0 Å². The molecule has 0 bridgehead atoms. The average molecular weight is 314 g/mol. The zero-order chi connectivity index (χ0) is 13.7. The Balaban J connectivity index is 1.92. The normalized spacial score (nSPS) is 37.7. The monoisotopic (exact) mass is 314 g/mol. The third-order valence-electron chi connectivity index (χ3n) is 2.94. The standard InChI is InChI=1S/C10H20O7P2/c1-7(11-3)15-8(2)16-9-10(6-14-19-17-9)4-12-18-13-5-10/h7-9,18-19H,4-6H2,1-3H3. The molecule has 2 rings (SSSR count). The fraction of sp³-hybridized carbons (Fsp3) is 1.00. The largest absolute Gasteiger partial charge is 0.356 e. The minimum atomic E-state index is -0.469. The summed E-state index contributed by atoms with van der Waals surface area (Å²) in [6, 6.07) is 0. The van der Waals surface area contributed by atoms with Crippen LogP contribution in [0.4, 0.5) is 0 Å². The summed E-state index contributed by atoms with van der Waals surface area (Å²) in [5.74, 6) is 0. The van der Waals surface area contributed by atoms with Crippen LogP contribution in [0.25, 0.3) is 0 Å². The van der Waals surface area contributed by atoms with Crippen LogP contribution in [0, 0.1) is 5.41 Å². The molecule has 0 radical (unpaired) electrons. The Labute approximate surface area is 116 Å². The number of hydrogen-bond acceptors (Lipinski definition) is 7. The third kappa shape index (κ3) is 4.27. The van der Waals surface area contributed by atoms with Gasteiger partial charge >= 0.3 is 0 Å². The van der Waals surface area contributed by atoms with Crippen molar-refractivity contribution >= 4 is 18.1 Å². The highest BCUT2D eigenvalue weighted by molar-refractivity contribution is 7.26. The Morgan fingerprint density at radius 2 is 1.68 bits per heavy atom. The van der Waals surface area contributed by atoms with Crippen LogP contribution < -0.4 is 0 Å². The van der Waals surface area contributed by atoms with Gasteiger partial charge in [-0.25, -0.2) is 0 Å². The van der Waals surface area contributed by atoms with Crippen LogP contribution in [0.5, 0.6) is 0 Å². The number of ether oxygens (including phenoxy) is 3. The maximum Gasteiger partial charge on any atom is 0.179 e. The molecule has 2 aliphatic rings. The molecule has 0 aromatic rings. The highest BCUT2D eigenvalue weighted by Gasteiger charge is 2.47. The topological polar surface area (TPSA) is 64.6 Å². The highest BCUT2D eigenvalue weighted by atomic mass is 31.1. The van der Waals surface area contributed by atoms with Gasteiger partial charge < -0.3 is 32.3 Å². The van der Waals surface area contributed by atoms with E-state index in [2.05, 4.69) is 0 Å². The average Bonchev–Trinajstić information content (AvgIpc) is 2.42. The van der Waals surface area contributed by atoms with Crippen molar-refractivity contribution < 1.29 is 32.3 Å². The maximum absolute atomic E-state index is 5.80. The molecule has 0 N–H and O–H groups in total. The fourth-order valence-electron chi connectivity index (χ4n) is 1.80. The second-order valence-electron chi connectivity index (χ2n) is 4.49. The Morgan fingerprint density at radius 3 is 2.32 bits per heavy atom. The van der Waals surface area contributed by atoms with Gasteiger partial charge in [-0.2, -0.15) is 0 Å². The van der Waals surface area contributed by atoms with Crippen molar-refractivity contribution in [2.75, 3.05) is 26.9 Å². The predicted octanol–water partition coefficient (Wildman–Crippen LogP) is 1.78. The van der Waals surface area contributed by atoms with Crippen LogP contribution in [-0.2, 0) is 32.3 Å². The lowest BCUT2D eigenvalue weighted by molar-refractivity contribution is -0.302. The molecular formula is C10H20O7P2. The van der Waals surface area contributed by atoms with E-state index >= 15 is 0 Å². The Hall–Kier alpha value is 0.580. The zero-order valence-corrected chi connectivity index (χ0v) is 13.2. The van der Waals surface area contributed by atoms with Crippen molar-refractivity contribution in [3.8, 4) is 0 Å². The summed E-state index contributed by atoms with van der Waals surface area (Å²) >= 11 is 0. The zero-order valence-electron chi connectivity index (χ0n) is 11.2. The molecule has 0 amide bonds.